The van der Waals surface area contributed by atoms with Crippen LogP contribution in [0.2, 0.25) is 10.0 Å². The molecule has 1 atom stereocenters. The molecular weight excluding hydrogens is 383 g/mol. The van der Waals surface area contributed by atoms with Gasteiger partial charge in [-0.1, -0.05) is 35.0 Å². The van der Waals surface area contributed by atoms with Crippen LogP contribution in [0.3, 0.4) is 0 Å². The number of aromatic nitrogens is 4. The van der Waals surface area contributed by atoms with E-state index >= 15 is 0 Å². The molecule has 0 fully saturated rings. The lowest BCUT2D eigenvalue weighted by atomic mass is 10.2. The van der Waals surface area contributed by atoms with Gasteiger partial charge in [0.15, 0.2) is 11.0 Å². The SMILES string of the molecule is Clc1ccc(Cl)c(SC[C@@H]2CSc3nnc(-c4ccncc4)n32)c1. The summed E-state index contributed by atoms with van der Waals surface area (Å²) in [5.74, 6) is 2.75. The molecular formula is C16H12Cl2N4S2. The first-order valence-electron chi connectivity index (χ1n) is 7.28. The summed E-state index contributed by atoms with van der Waals surface area (Å²) in [6.45, 7) is 0. The average Bonchev–Trinajstić information content (AvgIpc) is 3.19. The third-order valence-electron chi connectivity index (χ3n) is 3.70. The highest BCUT2D eigenvalue weighted by Gasteiger charge is 2.28. The fourth-order valence-corrected chi connectivity index (χ4v) is 5.35. The maximum atomic E-state index is 6.26. The Balaban J connectivity index is 1.58. The van der Waals surface area contributed by atoms with Crippen molar-refractivity contribution in [2.75, 3.05) is 11.5 Å². The van der Waals surface area contributed by atoms with Gasteiger partial charge in [-0.05, 0) is 30.3 Å². The van der Waals surface area contributed by atoms with Gasteiger partial charge in [-0.3, -0.25) is 9.55 Å². The number of thioether (sulfide) groups is 2. The van der Waals surface area contributed by atoms with Gasteiger partial charge in [0.25, 0.3) is 0 Å². The molecule has 1 aliphatic heterocycles. The van der Waals surface area contributed by atoms with Crippen molar-refractivity contribution in [2.24, 2.45) is 0 Å². The Hall–Kier alpha value is -1.21. The van der Waals surface area contributed by atoms with E-state index in [2.05, 4.69) is 19.7 Å². The van der Waals surface area contributed by atoms with Gasteiger partial charge in [0.2, 0.25) is 0 Å². The minimum Gasteiger partial charge on any atom is -0.297 e. The predicted octanol–water partition coefficient (Wildman–Crippen LogP) is 5.09. The molecule has 0 bridgehead atoms. The van der Waals surface area contributed by atoms with Crippen molar-refractivity contribution in [3.8, 4) is 11.4 Å². The average molecular weight is 395 g/mol. The minimum atomic E-state index is 0.309. The molecule has 0 unspecified atom stereocenters. The Labute approximate surface area is 158 Å². The van der Waals surface area contributed by atoms with E-state index in [1.54, 1.807) is 42.0 Å². The second-order valence-electron chi connectivity index (χ2n) is 5.26. The highest BCUT2D eigenvalue weighted by Crippen LogP contribution is 2.40. The Kier molecular flexibility index (Phi) is 4.72. The van der Waals surface area contributed by atoms with E-state index in [-0.39, 0.29) is 0 Å². The number of rotatable bonds is 4. The molecule has 1 aromatic carbocycles. The minimum absolute atomic E-state index is 0.309. The zero-order chi connectivity index (χ0) is 16.5. The molecule has 4 rings (SSSR count). The van der Waals surface area contributed by atoms with Crippen LogP contribution in [-0.4, -0.2) is 31.3 Å². The second kappa shape index (κ2) is 6.96. The topological polar surface area (TPSA) is 43.6 Å². The van der Waals surface area contributed by atoms with Gasteiger partial charge in [-0.15, -0.1) is 22.0 Å². The van der Waals surface area contributed by atoms with Crippen LogP contribution in [-0.2, 0) is 0 Å². The first kappa shape index (κ1) is 16.3. The number of fused-ring (bicyclic) bond motifs is 1. The molecule has 3 aromatic rings. The summed E-state index contributed by atoms with van der Waals surface area (Å²) in [7, 11) is 0. The molecule has 0 aliphatic carbocycles. The molecule has 0 amide bonds. The first-order chi connectivity index (χ1) is 11.7. The van der Waals surface area contributed by atoms with Crippen LogP contribution in [0.1, 0.15) is 6.04 Å². The fraction of sp³-hybridized carbons (Fsp3) is 0.188. The van der Waals surface area contributed by atoms with Gasteiger partial charge in [0.1, 0.15) is 0 Å². The second-order valence-corrected chi connectivity index (χ2v) is 8.16. The number of halogens is 2. The Morgan fingerprint density at radius 1 is 1.17 bits per heavy atom. The number of hydrogen-bond donors (Lipinski definition) is 0. The zero-order valence-electron chi connectivity index (χ0n) is 12.4. The van der Waals surface area contributed by atoms with E-state index in [9.17, 15) is 0 Å². The van der Waals surface area contributed by atoms with Crippen LogP contribution < -0.4 is 0 Å². The first-order valence-corrected chi connectivity index (χ1v) is 10.0. The van der Waals surface area contributed by atoms with Crippen molar-refractivity contribution in [1.82, 2.24) is 19.7 Å². The van der Waals surface area contributed by atoms with Crippen molar-refractivity contribution in [3.05, 3.63) is 52.8 Å². The molecule has 0 radical (unpaired) electrons. The lowest BCUT2D eigenvalue weighted by Crippen LogP contribution is -2.11. The summed E-state index contributed by atoms with van der Waals surface area (Å²) in [6.07, 6.45) is 3.54. The third kappa shape index (κ3) is 3.16. The fourth-order valence-electron chi connectivity index (χ4n) is 2.54. The lowest BCUT2D eigenvalue weighted by molar-refractivity contribution is 0.597. The maximum Gasteiger partial charge on any atom is 0.191 e. The quantitative estimate of drug-likeness (QED) is 0.576. The van der Waals surface area contributed by atoms with Crippen molar-refractivity contribution < 1.29 is 0 Å². The Bertz CT molecular complexity index is 870. The summed E-state index contributed by atoms with van der Waals surface area (Å²) in [5, 5.41) is 11.1. The van der Waals surface area contributed by atoms with Crippen molar-refractivity contribution in [1.29, 1.82) is 0 Å². The Morgan fingerprint density at radius 2 is 2.00 bits per heavy atom. The summed E-state index contributed by atoms with van der Waals surface area (Å²) in [5.41, 5.74) is 1.03. The summed E-state index contributed by atoms with van der Waals surface area (Å²) < 4.78 is 2.21. The predicted molar refractivity (Wildman–Crippen MR) is 100 cm³/mol. The smallest absolute Gasteiger partial charge is 0.191 e. The van der Waals surface area contributed by atoms with Gasteiger partial charge < -0.3 is 0 Å². The maximum absolute atomic E-state index is 6.26. The molecule has 1 aliphatic rings. The van der Waals surface area contributed by atoms with Crippen LogP contribution in [0.5, 0.6) is 0 Å². The molecule has 0 saturated heterocycles. The van der Waals surface area contributed by atoms with E-state index in [1.165, 1.54) is 0 Å². The van der Waals surface area contributed by atoms with Crippen LogP contribution in [0.25, 0.3) is 11.4 Å². The molecule has 0 N–H and O–H groups in total. The lowest BCUT2D eigenvalue weighted by Gasteiger charge is -2.14. The van der Waals surface area contributed by atoms with Gasteiger partial charge in [-0.25, -0.2) is 0 Å². The molecule has 3 heterocycles. The van der Waals surface area contributed by atoms with Gasteiger partial charge >= 0.3 is 0 Å². The molecule has 4 nitrogen and oxygen atoms in total. The highest BCUT2D eigenvalue weighted by atomic mass is 35.5. The van der Waals surface area contributed by atoms with Crippen LogP contribution in [0, 0.1) is 0 Å². The monoisotopic (exact) mass is 394 g/mol. The van der Waals surface area contributed by atoms with E-state index < -0.39 is 0 Å². The van der Waals surface area contributed by atoms with E-state index in [0.29, 0.717) is 11.1 Å². The molecule has 8 heteroatoms. The van der Waals surface area contributed by atoms with Crippen LogP contribution in [0.4, 0.5) is 0 Å². The van der Waals surface area contributed by atoms with E-state index in [1.807, 2.05) is 24.3 Å². The van der Waals surface area contributed by atoms with Crippen molar-refractivity contribution >= 4 is 46.7 Å². The van der Waals surface area contributed by atoms with Crippen molar-refractivity contribution in [2.45, 2.75) is 16.1 Å². The van der Waals surface area contributed by atoms with Gasteiger partial charge in [-0.2, -0.15) is 0 Å². The number of benzene rings is 1. The third-order valence-corrected chi connectivity index (χ3v) is 6.66. The van der Waals surface area contributed by atoms with Crippen LogP contribution >= 0.6 is 46.7 Å². The standard InChI is InChI=1S/C16H12Cl2N4S2/c17-11-1-2-13(18)14(7-11)23-8-12-9-24-16-21-20-15(22(12)16)10-3-5-19-6-4-10/h1-7,12H,8-9H2/t12-/m1/s1. The van der Waals surface area contributed by atoms with E-state index in [4.69, 9.17) is 23.2 Å². The number of nitrogens with zero attached hydrogens (tertiary/aromatic N) is 4. The highest BCUT2D eigenvalue weighted by molar-refractivity contribution is 8.00. The van der Waals surface area contributed by atoms with Gasteiger partial charge in [0.05, 0.1) is 11.1 Å². The number of pyridine rings is 1. The van der Waals surface area contributed by atoms with Gasteiger partial charge in [0, 0.05) is 39.4 Å². The molecule has 0 spiro atoms. The molecule has 2 aromatic heterocycles. The summed E-state index contributed by atoms with van der Waals surface area (Å²) in [4.78, 5) is 5.07. The molecule has 122 valence electrons. The zero-order valence-corrected chi connectivity index (χ0v) is 15.5. The Morgan fingerprint density at radius 3 is 2.83 bits per heavy atom. The normalized spacial score (nSPS) is 16.3. The van der Waals surface area contributed by atoms with Crippen LogP contribution in [0.15, 0.2) is 52.8 Å². The molecule has 24 heavy (non-hydrogen) atoms. The van der Waals surface area contributed by atoms with Crippen molar-refractivity contribution in [3.63, 3.8) is 0 Å². The summed E-state index contributed by atoms with van der Waals surface area (Å²) in [6, 6.07) is 9.77. The number of hydrogen-bond acceptors (Lipinski definition) is 5. The summed E-state index contributed by atoms with van der Waals surface area (Å²) >= 11 is 15.8. The van der Waals surface area contributed by atoms with E-state index in [0.717, 1.165) is 38.0 Å². The largest absolute Gasteiger partial charge is 0.297 e. The molecule has 0 saturated carbocycles.